The third kappa shape index (κ3) is 8.84. The summed E-state index contributed by atoms with van der Waals surface area (Å²) in [6.07, 6.45) is -3.59. The molecule has 0 bridgehead atoms. The zero-order chi connectivity index (χ0) is 28.9. The fraction of sp³-hybridized carbons (Fsp3) is 0.393. The molecule has 1 aliphatic heterocycles. The maximum atomic E-state index is 12.4. The number of nitrogens with zero attached hydrogens (tertiary/aromatic N) is 3. The highest BCUT2D eigenvalue weighted by Crippen LogP contribution is 2.30. The first-order valence-corrected chi connectivity index (χ1v) is 12.4. The largest absolute Gasteiger partial charge is 0.479 e. The van der Waals surface area contributed by atoms with Crippen LogP contribution in [0.2, 0.25) is 0 Å². The van der Waals surface area contributed by atoms with Crippen LogP contribution in [0.5, 0.6) is 0 Å². The number of hydrogen-bond acceptors (Lipinski definition) is 10. The zero-order valence-corrected chi connectivity index (χ0v) is 22.4. The smallest absolute Gasteiger partial charge is 0.373 e. The first kappa shape index (κ1) is 30.2. The van der Waals surface area contributed by atoms with Gasteiger partial charge in [0.2, 0.25) is 5.76 Å². The van der Waals surface area contributed by atoms with Crippen molar-refractivity contribution in [3.8, 4) is 0 Å². The number of carbonyl (C=O) groups excluding carboxylic acids is 3. The predicted molar refractivity (Wildman–Crippen MR) is 140 cm³/mol. The summed E-state index contributed by atoms with van der Waals surface area (Å²) in [5.74, 6) is -2.57. The van der Waals surface area contributed by atoms with Crippen molar-refractivity contribution in [2.45, 2.75) is 57.5 Å². The lowest BCUT2D eigenvalue weighted by Crippen LogP contribution is -2.55. The molecular formula is C28H31N3O9. The first-order valence-electron chi connectivity index (χ1n) is 12.4. The number of carbonyl (C=O) groups is 3. The van der Waals surface area contributed by atoms with Gasteiger partial charge in [0.1, 0.15) is 18.2 Å². The highest BCUT2D eigenvalue weighted by molar-refractivity contribution is 5.86. The van der Waals surface area contributed by atoms with Crippen LogP contribution < -0.4 is 0 Å². The van der Waals surface area contributed by atoms with Crippen LogP contribution in [0.15, 0.2) is 77.6 Å². The Bertz CT molecular complexity index is 1220. The number of esters is 3. The molecule has 212 valence electrons. The van der Waals surface area contributed by atoms with Crippen molar-refractivity contribution < 1.29 is 42.8 Å². The van der Waals surface area contributed by atoms with Gasteiger partial charge in [-0.15, -0.1) is 0 Å². The lowest BCUT2D eigenvalue weighted by atomic mass is 9.94. The molecule has 2 aromatic rings. The number of rotatable bonds is 13. The molecule has 1 heterocycles. The average molecular weight is 554 g/mol. The molecule has 12 nitrogen and oxygen atoms in total. The van der Waals surface area contributed by atoms with E-state index in [1.165, 1.54) is 13.0 Å². The molecular weight excluding hydrogens is 522 g/mol. The molecule has 1 aliphatic rings. The van der Waals surface area contributed by atoms with Gasteiger partial charge >= 0.3 is 17.9 Å². The summed E-state index contributed by atoms with van der Waals surface area (Å²) in [6.45, 7) is 2.63. The van der Waals surface area contributed by atoms with E-state index < -0.39 is 48.4 Å². The van der Waals surface area contributed by atoms with Crippen molar-refractivity contribution in [1.29, 1.82) is 0 Å². The van der Waals surface area contributed by atoms with Crippen molar-refractivity contribution in [3.05, 3.63) is 94.1 Å². The van der Waals surface area contributed by atoms with Gasteiger partial charge in [-0.25, -0.2) is 4.79 Å². The van der Waals surface area contributed by atoms with E-state index in [1.54, 1.807) is 0 Å². The lowest BCUT2D eigenvalue weighted by molar-refractivity contribution is -0.186. The molecule has 40 heavy (non-hydrogen) atoms. The minimum atomic E-state index is -1.32. The summed E-state index contributed by atoms with van der Waals surface area (Å²) in [5, 5.41) is 3.77. The van der Waals surface area contributed by atoms with E-state index in [9.17, 15) is 19.9 Å². The third-order valence-corrected chi connectivity index (χ3v) is 5.82. The average Bonchev–Trinajstić information content (AvgIpc) is 2.95. The van der Waals surface area contributed by atoms with Crippen LogP contribution in [0.1, 0.15) is 25.0 Å². The molecule has 0 radical (unpaired) electrons. The summed E-state index contributed by atoms with van der Waals surface area (Å²) in [5.41, 5.74) is 11.1. The van der Waals surface area contributed by atoms with Gasteiger partial charge in [0.25, 0.3) is 0 Å². The molecule has 0 aliphatic carbocycles. The maximum Gasteiger partial charge on any atom is 0.373 e. The van der Waals surface area contributed by atoms with Crippen LogP contribution in [-0.2, 0) is 56.0 Å². The maximum absolute atomic E-state index is 12.4. The summed E-state index contributed by atoms with van der Waals surface area (Å²) in [7, 11) is 1.15. The second-order valence-corrected chi connectivity index (χ2v) is 8.78. The van der Waals surface area contributed by atoms with E-state index in [2.05, 4.69) is 10.0 Å². The molecule has 0 saturated carbocycles. The fourth-order valence-electron chi connectivity index (χ4n) is 4.08. The van der Waals surface area contributed by atoms with Crippen LogP contribution in [0, 0.1) is 0 Å². The molecule has 0 saturated heterocycles. The number of ether oxygens (including phenoxy) is 6. The Morgan fingerprint density at radius 1 is 0.975 bits per heavy atom. The molecule has 12 heteroatoms. The lowest BCUT2D eigenvalue weighted by Gasteiger charge is -2.39. The monoisotopic (exact) mass is 553 g/mol. The number of benzene rings is 2. The van der Waals surface area contributed by atoms with Crippen molar-refractivity contribution in [2.24, 2.45) is 5.11 Å². The summed E-state index contributed by atoms with van der Waals surface area (Å²) >= 11 is 0. The van der Waals surface area contributed by atoms with Crippen LogP contribution >= 0.6 is 0 Å². The van der Waals surface area contributed by atoms with Crippen LogP contribution in [0.25, 0.3) is 10.4 Å². The Morgan fingerprint density at radius 3 is 2.15 bits per heavy atom. The number of methoxy groups -OCH3 is 1. The Kier molecular flexibility index (Phi) is 11.5. The van der Waals surface area contributed by atoms with E-state index in [1.807, 2.05) is 60.7 Å². The standard InChI is InChI=1S/C28H31N3O9/c1-18(32)38-22-14-23(28(34)35-3)40-27(25(22)30-31-29)26(39-19(2)33)24(37-16-21-12-8-5-9-13-21)17-36-15-20-10-6-4-7-11-20/h4-14,22,24-27H,15-17H2,1-3H3/t22-,24?,25+,26?,27-/m0/s1. The fourth-order valence-corrected chi connectivity index (χ4v) is 4.08. The van der Waals surface area contributed by atoms with E-state index in [-0.39, 0.29) is 25.6 Å². The quantitative estimate of drug-likeness (QED) is 0.118. The van der Waals surface area contributed by atoms with Gasteiger partial charge in [0.05, 0.1) is 26.9 Å². The van der Waals surface area contributed by atoms with Crippen molar-refractivity contribution in [2.75, 3.05) is 13.7 Å². The predicted octanol–water partition coefficient (Wildman–Crippen LogP) is 3.79. The van der Waals surface area contributed by atoms with Crippen LogP contribution in [0.3, 0.4) is 0 Å². The highest BCUT2D eigenvalue weighted by Gasteiger charge is 2.47. The molecule has 2 aromatic carbocycles. The topological polar surface area (TPSA) is 155 Å². The van der Waals surface area contributed by atoms with E-state index in [4.69, 9.17) is 28.4 Å². The Morgan fingerprint density at radius 2 is 1.60 bits per heavy atom. The number of azide groups is 1. The van der Waals surface area contributed by atoms with Gasteiger partial charge in [-0.05, 0) is 16.7 Å². The molecule has 3 rings (SSSR count). The minimum absolute atomic E-state index is 0.0714. The molecule has 0 fully saturated rings. The summed E-state index contributed by atoms with van der Waals surface area (Å²) in [6, 6.07) is 17.5. The Balaban J connectivity index is 1.98. The van der Waals surface area contributed by atoms with Crippen LogP contribution in [0.4, 0.5) is 0 Å². The second-order valence-electron chi connectivity index (χ2n) is 8.78. The van der Waals surface area contributed by atoms with Gasteiger partial charge in [-0.3, -0.25) is 9.59 Å². The molecule has 5 atom stereocenters. The SMILES string of the molecule is COC(=O)C1=C[C@H](OC(C)=O)[C@@H](N=[N+]=[N-])[C@@H](C(OC(C)=O)C(COCc2ccccc2)OCc2ccccc2)O1. The van der Waals surface area contributed by atoms with E-state index >= 15 is 0 Å². The summed E-state index contributed by atoms with van der Waals surface area (Å²) in [4.78, 5) is 39.5. The third-order valence-electron chi connectivity index (χ3n) is 5.82. The van der Waals surface area contributed by atoms with Crippen molar-refractivity contribution >= 4 is 17.9 Å². The normalized spacial score (nSPS) is 19.6. The van der Waals surface area contributed by atoms with Gasteiger partial charge in [-0.2, -0.15) is 0 Å². The van der Waals surface area contributed by atoms with Gasteiger partial charge in [0.15, 0.2) is 12.2 Å². The van der Waals surface area contributed by atoms with E-state index in [0.717, 1.165) is 25.2 Å². The van der Waals surface area contributed by atoms with Gasteiger partial charge in [0, 0.05) is 24.8 Å². The van der Waals surface area contributed by atoms with Crippen LogP contribution in [-0.4, -0.2) is 62.1 Å². The Hall–Kier alpha value is -4.38. The van der Waals surface area contributed by atoms with Crippen molar-refractivity contribution in [3.63, 3.8) is 0 Å². The molecule has 0 amide bonds. The van der Waals surface area contributed by atoms with E-state index in [0.29, 0.717) is 0 Å². The second kappa shape index (κ2) is 15.3. The van der Waals surface area contributed by atoms with Gasteiger partial charge < -0.3 is 28.4 Å². The molecule has 0 spiro atoms. The first-order chi connectivity index (χ1) is 19.3. The minimum Gasteiger partial charge on any atom is -0.479 e. The zero-order valence-electron chi connectivity index (χ0n) is 22.4. The highest BCUT2D eigenvalue weighted by atomic mass is 16.6. The van der Waals surface area contributed by atoms with Crippen molar-refractivity contribution in [1.82, 2.24) is 0 Å². The molecule has 0 aromatic heterocycles. The molecule has 2 unspecified atom stereocenters. The number of hydrogen-bond donors (Lipinski definition) is 0. The van der Waals surface area contributed by atoms with Gasteiger partial charge in [-0.1, -0.05) is 65.8 Å². The Labute approximate surface area is 231 Å². The summed E-state index contributed by atoms with van der Waals surface area (Å²) < 4.78 is 33.8. The molecule has 0 N–H and O–H groups in total.